The van der Waals surface area contributed by atoms with Gasteiger partial charge in [0, 0.05) is 30.1 Å². The van der Waals surface area contributed by atoms with Crippen molar-refractivity contribution < 1.29 is 18.8 Å². The van der Waals surface area contributed by atoms with Crippen LogP contribution in [-0.4, -0.2) is 47.2 Å². The third-order valence-electron chi connectivity index (χ3n) is 3.78. The highest BCUT2D eigenvalue weighted by atomic mass is 79.9. The molecule has 0 bridgehead atoms. The first-order valence-electron chi connectivity index (χ1n) is 7.87. The van der Waals surface area contributed by atoms with Crippen LogP contribution in [0.15, 0.2) is 16.6 Å². The van der Waals surface area contributed by atoms with Crippen LogP contribution in [0.2, 0.25) is 0 Å². The third-order valence-corrected chi connectivity index (χ3v) is 4.24. The number of nitrogens with zero attached hydrogens (tertiary/aromatic N) is 3. The molecule has 1 atom stereocenters. The SMILES string of the molecule is C[C@@H]1CN(C(=O)OC(C)(C)C)CCN1c1cc(Br)cc(F)c1[N+](=O)[O-]. The predicted molar refractivity (Wildman–Crippen MR) is 95.4 cm³/mol. The highest BCUT2D eigenvalue weighted by Crippen LogP contribution is 2.36. The molecule has 1 aliphatic heterocycles. The summed E-state index contributed by atoms with van der Waals surface area (Å²) in [6.07, 6.45) is -0.422. The van der Waals surface area contributed by atoms with Crippen LogP contribution in [0.3, 0.4) is 0 Å². The smallest absolute Gasteiger partial charge is 0.410 e. The lowest BCUT2D eigenvalue weighted by molar-refractivity contribution is -0.386. The Morgan fingerprint density at radius 1 is 1.40 bits per heavy atom. The third kappa shape index (κ3) is 4.59. The zero-order valence-electron chi connectivity index (χ0n) is 14.6. The van der Waals surface area contributed by atoms with Gasteiger partial charge in [-0.1, -0.05) is 15.9 Å². The van der Waals surface area contributed by atoms with Crippen molar-refractivity contribution in [3.05, 3.63) is 32.5 Å². The van der Waals surface area contributed by atoms with Gasteiger partial charge in [0.15, 0.2) is 0 Å². The van der Waals surface area contributed by atoms with Crippen molar-refractivity contribution in [1.82, 2.24) is 4.90 Å². The summed E-state index contributed by atoms with van der Waals surface area (Å²) in [5.41, 5.74) is -0.946. The zero-order valence-corrected chi connectivity index (χ0v) is 16.2. The molecular formula is C16H21BrFN3O4. The molecule has 138 valence electrons. The van der Waals surface area contributed by atoms with Crippen molar-refractivity contribution in [2.75, 3.05) is 24.5 Å². The first kappa shape index (κ1) is 19.4. The Hall–Kier alpha value is -1.90. The Morgan fingerprint density at radius 3 is 2.56 bits per heavy atom. The first-order valence-corrected chi connectivity index (χ1v) is 8.67. The molecule has 1 amide bonds. The number of carbonyl (C=O) groups is 1. The summed E-state index contributed by atoms with van der Waals surface area (Å²) >= 11 is 3.18. The summed E-state index contributed by atoms with van der Waals surface area (Å²) in [7, 11) is 0. The molecule has 0 spiro atoms. The Bertz CT molecular complexity index is 693. The van der Waals surface area contributed by atoms with E-state index in [1.807, 2.05) is 6.92 Å². The summed E-state index contributed by atoms with van der Waals surface area (Å²) in [5.74, 6) is -0.892. The van der Waals surface area contributed by atoms with Gasteiger partial charge in [0.1, 0.15) is 11.3 Å². The molecular weight excluding hydrogens is 397 g/mol. The Labute approximate surface area is 154 Å². The van der Waals surface area contributed by atoms with Crippen LogP contribution in [0.25, 0.3) is 0 Å². The molecule has 2 rings (SSSR count). The van der Waals surface area contributed by atoms with Crippen LogP contribution in [-0.2, 0) is 4.74 Å². The molecule has 1 aromatic carbocycles. The number of hydrogen-bond donors (Lipinski definition) is 0. The number of benzene rings is 1. The minimum atomic E-state index is -0.892. The molecule has 1 aliphatic rings. The number of carbonyl (C=O) groups excluding carboxylic acids is 1. The number of hydrogen-bond acceptors (Lipinski definition) is 5. The van der Waals surface area contributed by atoms with Crippen molar-refractivity contribution in [2.45, 2.75) is 39.3 Å². The second-order valence-electron chi connectivity index (χ2n) is 6.98. The monoisotopic (exact) mass is 417 g/mol. The van der Waals surface area contributed by atoms with Crippen LogP contribution >= 0.6 is 15.9 Å². The first-order chi connectivity index (χ1) is 11.5. The van der Waals surface area contributed by atoms with Gasteiger partial charge in [-0.25, -0.2) is 4.79 Å². The second kappa shape index (κ2) is 7.15. The Morgan fingerprint density at radius 2 is 2.04 bits per heavy atom. The van der Waals surface area contributed by atoms with E-state index in [1.165, 1.54) is 6.07 Å². The second-order valence-corrected chi connectivity index (χ2v) is 7.90. The van der Waals surface area contributed by atoms with Crippen LogP contribution in [0.4, 0.5) is 20.6 Å². The van der Waals surface area contributed by atoms with E-state index < -0.39 is 28.1 Å². The van der Waals surface area contributed by atoms with E-state index in [2.05, 4.69) is 15.9 Å². The van der Waals surface area contributed by atoms with Gasteiger partial charge in [-0.15, -0.1) is 0 Å². The van der Waals surface area contributed by atoms with Gasteiger partial charge in [-0.2, -0.15) is 4.39 Å². The van der Waals surface area contributed by atoms with E-state index >= 15 is 0 Å². The van der Waals surface area contributed by atoms with Crippen LogP contribution < -0.4 is 4.90 Å². The standard InChI is InChI=1S/C16H21BrFN3O4/c1-10-9-19(15(22)25-16(2,3)4)5-6-20(10)13-8-11(17)7-12(18)14(13)21(23)24/h7-8,10H,5-6,9H2,1-4H3/t10-/m1/s1. The number of halogens is 2. The number of nitro groups is 1. The molecule has 0 N–H and O–H groups in total. The fraction of sp³-hybridized carbons (Fsp3) is 0.562. The van der Waals surface area contributed by atoms with E-state index in [1.54, 1.807) is 30.6 Å². The lowest BCUT2D eigenvalue weighted by atomic mass is 10.1. The topological polar surface area (TPSA) is 75.9 Å². The lowest BCUT2D eigenvalue weighted by Crippen LogP contribution is -2.54. The lowest BCUT2D eigenvalue weighted by Gasteiger charge is -2.41. The van der Waals surface area contributed by atoms with Gasteiger partial charge in [-0.05, 0) is 39.8 Å². The van der Waals surface area contributed by atoms with Gasteiger partial charge >= 0.3 is 11.8 Å². The number of amides is 1. The minimum absolute atomic E-state index is 0.202. The summed E-state index contributed by atoms with van der Waals surface area (Å²) in [6.45, 7) is 8.22. The van der Waals surface area contributed by atoms with Gasteiger partial charge in [-0.3, -0.25) is 10.1 Å². The van der Waals surface area contributed by atoms with E-state index in [9.17, 15) is 19.3 Å². The summed E-state index contributed by atoms with van der Waals surface area (Å²) in [6, 6.07) is 2.37. The molecule has 0 aliphatic carbocycles. The molecule has 0 saturated carbocycles. The van der Waals surface area contributed by atoms with Gasteiger partial charge in [0.2, 0.25) is 5.82 Å². The molecule has 9 heteroatoms. The highest BCUT2D eigenvalue weighted by Gasteiger charge is 2.34. The summed E-state index contributed by atoms with van der Waals surface area (Å²) < 4.78 is 19.8. The van der Waals surface area contributed by atoms with Crippen molar-refractivity contribution >= 4 is 33.4 Å². The quantitative estimate of drug-likeness (QED) is 0.537. The highest BCUT2D eigenvalue weighted by molar-refractivity contribution is 9.10. The fourth-order valence-electron chi connectivity index (χ4n) is 2.76. The number of nitro benzene ring substituents is 1. The van der Waals surface area contributed by atoms with Crippen molar-refractivity contribution in [2.24, 2.45) is 0 Å². The van der Waals surface area contributed by atoms with Crippen molar-refractivity contribution in [3.8, 4) is 0 Å². The Kier molecular flexibility index (Phi) is 5.55. The van der Waals surface area contributed by atoms with E-state index in [4.69, 9.17) is 4.74 Å². The number of rotatable bonds is 2. The van der Waals surface area contributed by atoms with Gasteiger partial charge < -0.3 is 14.5 Å². The van der Waals surface area contributed by atoms with Crippen LogP contribution in [0.1, 0.15) is 27.7 Å². The normalized spacial score (nSPS) is 18.2. The average molecular weight is 418 g/mol. The van der Waals surface area contributed by atoms with Crippen molar-refractivity contribution in [3.63, 3.8) is 0 Å². The van der Waals surface area contributed by atoms with E-state index in [0.717, 1.165) is 6.07 Å². The maximum atomic E-state index is 14.1. The van der Waals surface area contributed by atoms with E-state index in [0.29, 0.717) is 24.1 Å². The zero-order chi connectivity index (χ0) is 18.9. The van der Waals surface area contributed by atoms with Crippen LogP contribution in [0, 0.1) is 15.9 Å². The summed E-state index contributed by atoms with van der Waals surface area (Å²) in [5, 5.41) is 11.3. The maximum Gasteiger partial charge on any atom is 0.410 e. The van der Waals surface area contributed by atoms with Crippen LogP contribution in [0.5, 0.6) is 0 Å². The van der Waals surface area contributed by atoms with Crippen molar-refractivity contribution in [1.29, 1.82) is 0 Å². The number of piperazine rings is 1. The maximum absolute atomic E-state index is 14.1. The largest absolute Gasteiger partial charge is 0.444 e. The Balaban J connectivity index is 2.23. The molecule has 0 aromatic heterocycles. The molecule has 1 saturated heterocycles. The number of anilines is 1. The van der Waals surface area contributed by atoms with Gasteiger partial charge in [0.25, 0.3) is 0 Å². The molecule has 25 heavy (non-hydrogen) atoms. The fourth-order valence-corrected chi connectivity index (χ4v) is 3.18. The molecule has 1 aromatic rings. The predicted octanol–water partition coefficient (Wildman–Crippen LogP) is 3.94. The van der Waals surface area contributed by atoms with Gasteiger partial charge in [0.05, 0.1) is 4.92 Å². The molecule has 1 fully saturated rings. The molecule has 0 radical (unpaired) electrons. The average Bonchev–Trinajstić information content (AvgIpc) is 2.43. The summed E-state index contributed by atoms with van der Waals surface area (Å²) in [4.78, 5) is 26.1. The molecule has 0 unspecified atom stereocenters. The minimum Gasteiger partial charge on any atom is -0.444 e. The number of ether oxygens (including phenoxy) is 1. The van der Waals surface area contributed by atoms with E-state index in [-0.39, 0.29) is 11.7 Å². The molecule has 7 nitrogen and oxygen atoms in total. The molecule has 1 heterocycles.